The van der Waals surface area contributed by atoms with Crippen molar-refractivity contribution in [2.24, 2.45) is 5.92 Å². The fourth-order valence-electron chi connectivity index (χ4n) is 3.68. The summed E-state index contributed by atoms with van der Waals surface area (Å²) in [6.07, 6.45) is -7.23. The second kappa shape index (κ2) is 16.7. The first-order chi connectivity index (χ1) is 19.8. The molecular weight excluding hydrogens is 586 g/mol. The first-order valence-electron chi connectivity index (χ1n) is 13.2. The summed E-state index contributed by atoms with van der Waals surface area (Å²) in [6, 6.07) is 12.7. The SMILES string of the molecule is CC(C)CNc1nc2c(cc1C(=O)N(C)C)CCN(CCc1ccccc1)CC2.O=C(O)C(F)(F)F.O=C(O)C(F)(F)F. The molecule has 0 bridgehead atoms. The summed E-state index contributed by atoms with van der Waals surface area (Å²) in [5.41, 5.74) is 4.42. The molecule has 240 valence electrons. The number of pyridine rings is 1. The van der Waals surface area contributed by atoms with E-state index in [0.717, 1.165) is 57.0 Å². The van der Waals surface area contributed by atoms with E-state index in [2.05, 4.69) is 60.5 Å². The van der Waals surface area contributed by atoms with Crippen LogP contribution >= 0.6 is 0 Å². The van der Waals surface area contributed by atoms with Gasteiger partial charge >= 0.3 is 24.3 Å². The molecule has 1 amide bonds. The number of carbonyl (C=O) groups is 3. The number of halogens is 6. The highest BCUT2D eigenvalue weighted by atomic mass is 19.4. The number of aromatic nitrogens is 1. The van der Waals surface area contributed by atoms with Gasteiger partial charge in [0, 0.05) is 52.4 Å². The van der Waals surface area contributed by atoms with E-state index in [0.29, 0.717) is 11.5 Å². The molecule has 0 spiro atoms. The van der Waals surface area contributed by atoms with E-state index in [1.807, 2.05) is 0 Å². The number of nitrogens with one attached hydrogen (secondary N) is 1. The van der Waals surface area contributed by atoms with Gasteiger partial charge in [0.15, 0.2) is 0 Å². The van der Waals surface area contributed by atoms with E-state index in [-0.39, 0.29) is 5.91 Å². The van der Waals surface area contributed by atoms with Gasteiger partial charge < -0.3 is 25.3 Å². The smallest absolute Gasteiger partial charge is 0.475 e. The van der Waals surface area contributed by atoms with Crippen LogP contribution in [-0.4, -0.2) is 95.5 Å². The summed E-state index contributed by atoms with van der Waals surface area (Å²) in [6.45, 7) is 8.21. The Bertz CT molecular complexity index is 1180. The average Bonchev–Trinajstić information content (AvgIpc) is 3.11. The van der Waals surface area contributed by atoms with E-state index in [9.17, 15) is 31.1 Å². The van der Waals surface area contributed by atoms with Crippen molar-refractivity contribution in [1.82, 2.24) is 14.8 Å². The lowest BCUT2D eigenvalue weighted by Gasteiger charge is -2.19. The number of anilines is 1. The molecular formula is C28H36F6N4O5. The summed E-state index contributed by atoms with van der Waals surface area (Å²) in [5, 5.41) is 17.7. The maximum atomic E-state index is 12.7. The Balaban J connectivity index is 0.000000548. The molecule has 0 saturated carbocycles. The number of hydrogen-bond donors (Lipinski definition) is 3. The van der Waals surface area contributed by atoms with E-state index in [1.165, 1.54) is 11.1 Å². The minimum atomic E-state index is -5.08. The number of fused-ring (bicyclic) bond motifs is 1. The molecule has 9 nitrogen and oxygen atoms in total. The molecule has 2 aromatic rings. The first kappa shape index (κ1) is 37.1. The molecule has 15 heteroatoms. The van der Waals surface area contributed by atoms with Crippen LogP contribution in [0.1, 0.15) is 41.0 Å². The van der Waals surface area contributed by atoms with Crippen LogP contribution < -0.4 is 5.32 Å². The number of aliphatic carboxylic acids is 2. The van der Waals surface area contributed by atoms with Crippen LogP contribution in [0.5, 0.6) is 0 Å². The molecule has 1 aliphatic rings. The van der Waals surface area contributed by atoms with Crippen molar-refractivity contribution >= 4 is 23.7 Å². The average molecular weight is 623 g/mol. The van der Waals surface area contributed by atoms with Crippen LogP contribution in [0.15, 0.2) is 36.4 Å². The minimum absolute atomic E-state index is 0.0109. The van der Waals surface area contributed by atoms with Gasteiger partial charge in [-0.25, -0.2) is 14.6 Å². The number of alkyl halides is 6. The zero-order chi connectivity index (χ0) is 33.0. The van der Waals surface area contributed by atoms with Crippen molar-refractivity contribution in [2.75, 3.05) is 45.6 Å². The molecule has 1 aromatic carbocycles. The molecule has 1 aliphatic heterocycles. The van der Waals surface area contributed by atoms with Crippen LogP contribution in [0.4, 0.5) is 32.2 Å². The minimum Gasteiger partial charge on any atom is -0.475 e. The van der Waals surface area contributed by atoms with E-state index < -0.39 is 24.3 Å². The summed E-state index contributed by atoms with van der Waals surface area (Å²) in [7, 11) is 3.59. The highest BCUT2D eigenvalue weighted by Crippen LogP contribution is 2.23. The lowest BCUT2D eigenvalue weighted by atomic mass is 10.0. The largest absolute Gasteiger partial charge is 0.490 e. The van der Waals surface area contributed by atoms with Crippen molar-refractivity contribution in [2.45, 2.75) is 45.5 Å². The topological polar surface area (TPSA) is 123 Å². The van der Waals surface area contributed by atoms with Gasteiger partial charge in [0.25, 0.3) is 5.91 Å². The van der Waals surface area contributed by atoms with Crippen LogP contribution in [0.25, 0.3) is 0 Å². The highest BCUT2D eigenvalue weighted by molar-refractivity contribution is 5.98. The molecule has 0 radical (unpaired) electrons. The number of carboxylic acids is 2. The second-order valence-corrected chi connectivity index (χ2v) is 10.1. The third kappa shape index (κ3) is 13.8. The Morgan fingerprint density at radius 3 is 1.93 bits per heavy atom. The Labute approximate surface area is 245 Å². The van der Waals surface area contributed by atoms with Gasteiger partial charge in [-0.1, -0.05) is 44.2 Å². The first-order valence-corrected chi connectivity index (χ1v) is 13.2. The zero-order valence-corrected chi connectivity index (χ0v) is 24.2. The van der Waals surface area contributed by atoms with Crippen molar-refractivity contribution in [1.29, 1.82) is 0 Å². The maximum Gasteiger partial charge on any atom is 0.490 e. The summed E-state index contributed by atoms with van der Waals surface area (Å²) >= 11 is 0. The van der Waals surface area contributed by atoms with Crippen LogP contribution in [-0.2, 0) is 28.9 Å². The van der Waals surface area contributed by atoms with Gasteiger partial charge in [-0.15, -0.1) is 0 Å². The Hall–Kier alpha value is -3.88. The number of carboxylic acid groups (broad SMARTS) is 2. The third-order valence-electron chi connectivity index (χ3n) is 5.91. The number of amides is 1. The quantitative estimate of drug-likeness (QED) is 0.378. The molecule has 3 rings (SSSR count). The van der Waals surface area contributed by atoms with Gasteiger partial charge in [0.05, 0.1) is 5.56 Å². The Morgan fingerprint density at radius 1 is 0.953 bits per heavy atom. The van der Waals surface area contributed by atoms with Gasteiger partial charge in [-0.2, -0.15) is 26.3 Å². The third-order valence-corrected chi connectivity index (χ3v) is 5.91. The number of carbonyl (C=O) groups excluding carboxylic acids is 1. The molecule has 0 fully saturated rings. The Kier molecular flexibility index (Phi) is 14.4. The summed E-state index contributed by atoms with van der Waals surface area (Å²) < 4.78 is 63.5. The molecule has 3 N–H and O–H groups in total. The molecule has 0 saturated heterocycles. The number of hydrogen-bond acceptors (Lipinski definition) is 6. The predicted molar refractivity (Wildman–Crippen MR) is 147 cm³/mol. The maximum absolute atomic E-state index is 12.7. The molecule has 2 heterocycles. The van der Waals surface area contributed by atoms with Crippen molar-refractivity contribution in [3.63, 3.8) is 0 Å². The van der Waals surface area contributed by atoms with Crippen LogP contribution in [0, 0.1) is 5.92 Å². The van der Waals surface area contributed by atoms with Crippen LogP contribution in [0.2, 0.25) is 0 Å². The normalized spacial score (nSPS) is 13.4. The van der Waals surface area contributed by atoms with Gasteiger partial charge in [0.2, 0.25) is 0 Å². The fraction of sp³-hybridized carbons (Fsp3) is 0.500. The van der Waals surface area contributed by atoms with Gasteiger partial charge in [0.1, 0.15) is 5.82 Å². The van der Waals surface area contributed by atoms with Gasteiger partial charge in [-0.05, 0) is 36.0 Å². The standard InChI is InChI=1S/C24H34N4O.2C2HF3O2/c1-18(2)17-25-23-21(24(29)27(3)4)16-20-11-14-28(15-12-22(20)26-23)13-10-19-8-6-5-7-9-19;2*3-2(4,5)1(6)7/h5-9,16,18H,10-15,17H2,1-4H3,(H,25,26);2*(H,6,7). The molecule has 0 atom stereocenters. The molecule has 0 unspecified atom stereocenters. The Morgan fingerprint density at radius 2 is 1.47 bits per heavy atom. The van der Waals surface area contributed by atoms with E-state index in [1.54, 1.807) is 19.0 Å². The molecule has 1 aromatic heterocycles. The summed E-state index contributed by atoms with van der Waals surface area (Å²) in [4.78, 5) is 39.6. The number of benzene rings is 1. The lowest BCUT2D eigenvalue weighted by molar-refractivity contribution is -0.193. The monoisotopic (exact) mass is 622 g/mol. The van der Waals surface area contributed by atoms with E-state index in [4.69, 9.17) is 24.8 Å². The van der Waals surface area contributed by atoms with Crippen molar-refractivity contribution in [3.8, 4) is 0 Å². The van der Waals surface area contributed by atoms with Crippen molar-refractivity contribution < 1.29 is 50.9 Å². The molecule has 0 aliphatic carbocycles. The molecule has 43 heavy (non-hydrogen) atoms. The highest BCUT2D eigenvalue weighted by Gasteiger charge is 2.38. The van der Waals surface area contributed by atoms with E-state index >= 15 is 0 Å². The predicted octanol–water partition coefficient (Wildman–Crippen LogP) is 4.76. The zero-order valence-electron chi connectivity index (χ0n) is 24.2. The lowest BCUT2D eigenvalue weighted by Crippen LogP contribution is -2.28. The van der Waals surface area contributed by atoms with Crippen molar-refractivity contribution in [3.05, 3.63) is 58.8 Å². The van der Waals surface area contributed by atoms with Gasteiger partial charge in [-0.3, -0.25) is 4.79 Å². The number of nitrogens with zero attached hydrogens (tertiary/aromatic N) is 3. The van der Waals surface area contributed by atoms with Crippen LogP contribution in [0.3, 0.4) is 0 Å². The second-order valence-electron chi connectivity index (χ2n) is 10.1. The number of rotatable bonds is 7. The fourth-order valence-corrected chi connectivity index (χ4v) is 3.68. The summed E-state index contributed by atoms with van der Waals surface area (Å²) in [5.74, 6) is -4.28.